The number of rotatable bonds is 5. The fourth-order valence-corrected chi connectivity index (χ4v) is 2.87. The minimum Gasteiger partial charge on any atom is -0.508 e. The van der Waals surface area contributed by atoms with Crippen LogP contribution in [-0.4, -0.2) is 57.6 Å². The predicted octanol–water partition coefficient (Wildman–Crippen LogP) is 1.66. The molecule has 154 valence electrons. The largest absolute Gasteiger partial charge is 0.508 e. The first kappa shape index (κ1) is 20.7. The van der Waals surface area contributed by atoms with Gasteiger partial charge in [0.15, 0.2) is 6.10 Å². The van der Waals surface area contributed by atoms with Crippen LogP contribution >= 0.6 is 0 Å². The lowest BCUT2D eigenvalue weighted by Gasteiger charge is -2.36. The summed E-state index contributed by atoms with van der Waals surface area (Å²) < 4.78 is 15.8. The minimum atomic E-state index is -1.45. The molecule has 0 bridgehead atoms. The predicted molar refractivity (Wildman–Crippen MR) is 103 cm³/mol. The Morgan fingerprint density at radius 2 is 1.69 bits per heavy atom. The second-order valence-electron chi connectivity index (χ2n) is 6.63. The lowest BCUT2D eigenvalue weighted by atomic mass is 10.1. The zero-order valence-electron chi connectivity index (χ0n) is 15.6. The highest BCUT2D eigenvalue weighted by Crippen LogP contribution is 2.27. The van der Waals surface area contributed by atoms with E-state index in [1.807, 2.05) is 0 Å². The van der Waals surface area contributed by atoms with Crippen molar-refractivity contribution in [2.75, 3.05) is 6.61 Å². The van der Waals surface area contributed by atoms with Crippen LogP contribution in [-0.2, 0) is 14.3 Å². The van der Waals surface area contributed by atoms with Gasteiger partial charge in [0.1, 0.15) is 29.5 Å². The molecule has 8 nitrogen and oxygen atoms in total. The van der Waals surface area contributed by atoms with Crippen LogP contribution in [0.4, 0.5) is 0 Å². The van der Waals surface area contributed by atoms with E-state index in [9.17, 15) is 25.2 Å². The lowest BCUT2D eigenvalue weighted by Crippen LogP contribution is -2.56. The summed E-state index contributed by atoms with van der Waals surface area (Å²) in [6, 6.07) is 11.1. The maximum absolute atomic E-state index is 11.0. The molecule has 3 rings (SSSR count). The number of phenolic OH excluding ortho intramolecular Hbond substituents is 2. The summed E-state index contributed by atoms with van der Waals surface area (Å²) >= 11 is 0. The number of aliphatic hydroxyl groups excluding tert-OH is 2. The third kappa shape index (κ3) is 5.47. The number of phenols is 2. The molecule has 0 aromatic heterocycles. The second-order valence-corrected chi connectivity index (χ2v) is 6.63. The molecule has 1 saturated heterocycles. The molecule has 8 heteroatoms. The summed E-state index contributed by atoms with van der Waals surface area (Å²) in [6.07, 6.45) is -1.49. The number of hydrogen-bond donors (Lipinski definition) is 4. The van der Waals surface area contributed by atoms with E-state index in [0.29, 0.717) is 5.56 Å². The first-order valence-corrected chi connectivity index (χ1v) is 8.94. The van der Waals surface area contributed by atoms with Gasteiger partial charge in [0.25, 0.3) is 0 Å². The number of carbonyl (C=O) groups is 1. The third-order valence-electron chi connectivity index (χ3n) is 4.28. The Bertz CT molecular complexity index is 877. The standard InChI is InChI=1S/C21H22O8/c1-12(22)28-18-11-27-21(20(26)19(18)25)29-17-9-14(8-16(24)10-17)3-2-13-4-6-15(23)7-5-13/h2-10,18-21,23-26H,11H2,1H3/b3-2+/t18-,19+,20-,21+/m1/s1. The quantitative estimate of drug-likeness (QED) is 0.439. The monoisotopic (exact) mass is 402 g/mol. The zero-order valence-corrected chi connectivity index (χ0v) is 15.6. The van der Waals surface area contributed by atoms with E-state index in [4.69, 9.17) is 14.2 Å². The summed E-state index contributed by atoms with van der Waals surface area (Å²) in [5.74, 6) is -0.268. The van der Waals surface area contributed by atoms with Gasteiger partial charge < -0.3 is 34.6 Å². The molecule has 1 fully saturated rings. The average molecular weight is 402 g/mol. The van der Waals surface area contributed by atoms with Crippen LogP contribution in [0.25, 0.3) is 12.2 Å². The normalized spacial score (nSPS) is 24.4. The summed E-state index contributed by atoms with van der Waals surface area (Å²) in [7, 11) is 0. The Hall–Kier alpha value is -3.07. The van der Waals surface area contributed by atoms with Crippen LogP contribution in [0.5, 0.6) is 17.2 Å². The first-order valence-electron chi connectivity index (χ1n) is 8.94. The minimum absolute atomic E-state index is 0.0588. The van der Waals surface area contributed by atoms with Gasteiger partial charge in [0.05, 0.1) is 6.61 Å². The number of aromatic hydroxyl groups is 2. The highest BCUT2D eigenvalue weighted by atomic mass is 16.7. The van der Waals surface area contributed by atoms with Crippen molar-refractivity contribution in [2.24, 2.45) is 0 Å². The number of esters is 1. The SMILES string of the molecule is CC(=O)O[C@@H]1CO[C@@H](Oc2cc(O)cc(/C=C/c3ccc(O)cc3)c2)[C@H](O)[C@H]1O. The van der Waals surface area contributed by atoms with Crippen molar-refractivity contribution in [3.8, 4) is 17.2 Å². The Labute approximate surface area is 167 Å². The Morgan fingerprint density at radius 3 is 2.38 bits per heavy atom. The lowest BCUT2D eigenvalue weighted by molar-refractivity contribution is -0.247. The Morgan fingerprint density at radius 1 is 1.00 bits per heavy atom. The van der Waals surface area contributed by atoms with Crippen LogP contribution in [0.2, 0.25) is 0 Å². The highest BCUT2D eigenvalue weighted by Gasteiger charge is 2.41. The van der Waals surface area contributed by atoms with Crippen LogP contribution in [0.1, 0.15) is 18.1 Å². The van der Waals surface area contributed by atoms with Crippen molar-refractivity contribution >= 4 is 18.1 Å². The molecule has 1 heterocycles. The number of carbonyl (C=O) groups excluding carboxylic acids is 1. The third-order valence-corrected chi connectivity index (χ3v) is 4.28. The molecule has 1 aliphatic rings. The van der Waals surface area contributed by atoms with Crippen molar-refractivity contribution < 1.29 is 39.4 Å². The van der Waals surface area contributed by atoms with Gasteiger partial charge in [0, 0.05) is 13.0 Å². The second kappa shape index (κ2) is 8.95. The number of ether oxygens (including phenoxy) is 3. The van der Waals surface area contributed by atoms with Gasteiger partial charge in [-0.25, -0.2) is 0 Å². The molecule has 4 N–H and O–H groups in total. The van der Waals surface area contributed by atoms with Gasteiger partial charge in [-0.1, -0.05) is 24.3 Å². The van der Waals surface area contributed by atoms with Gasteiger partial charge in [-0.3, -0.25) is 4.79 Å². The molecule has 0 aliphatic carbocycles. The molecule has 4 atom stereocenters. The summed E-state index contributed by atoms with van der Waals surface area (Å²) in [4.78, 5) is 11.0. The summed E-state index contributed by atoms with van der Waals surface area (Å²) in [5.41, 5.74) is 1.47. The smallest absolute Gasteiger partial charge is 0.303 e. The van der Waals surface area contributed by atoms with E-state index >= 15 is 0 Å². The Balaban J connectivity index is 1.70. The van der Waals surface area contributed by atoms with E-state index in [0.717, 1.165) is 5.56 Å². The molecule has 2 aromatic carbocycles. The fraction of sp³-hybridized carbons (Fsp3) is 0.286. The number of hydrogen-bond acceptors (Lipinski definition) is 8. The molecular formula is C21H22O8. The van der Waals surface area contributed by atoms with E-state index < -0.39 is 30.6 Å². The molecule has 1 aliphatic heterocycles. The van der Waals surface area contributed by atoms with Crippen molar-refractivity contribution in [1.82, 2.24) is 0 Å². The van der Waals surface area contributed by atoms with Crippen LogP contribution in [0.15, 0.2) is 42.5 Å². The maximum Gasteiger partial charge on any atom is 0.303 e. The van der Waals surface area contributed by atoms with Crippen LogP contribution in [0.3, 0.4) is 0 Å². The van der Waals surface area contributed by atoms with E-state index in [1.54, 1.807) is 42.5 Å². The van der Waals surface area contributed by atoms with Gasteiger partial charge in [-0.05, 0) is 35.4 Å². The molecule has 29 heavy (non-hydrogen) atoms. The van der Waals surface area contributed by atoms with Crippen LogP contribution in [0, 0.1) is 0 Å². The van der Waals surface area contributed by atoms with Gasteiger partial charge >= 0.3 is 5.97 Å². The number of benzene rings is 2. The summed E-state index contributed by atoms with van der Waals surface area (Å²) in [5, 5.41) is 39.6. The molecule has 0 saturated carbocycles. The molecular weight excluding hydrogens is 380 g/mol. The van der Waals surface area contributed by atoms with E-state index in [1.165, 1.54) is 19.1 Å². The van der Waals surface area contributed by atoms with Crippen molar-refractivity contribution in [2.45, 2.75) is 31.5 Å². The van der Waals surface area contributed by atoms with E-state index in [-0.39, 0.29) is 23.9 Å². The Kier molecular flexibility index (Phi) is 6.38. The molecule has 0 spiro atoms. The van der Waals surface area contributed by atoms with Gasteiger partial charge in [0.2, 0.25) is 6.29 Å². The van der Waals surface area contributed by atoms with Gasteiger partial charge in [-0.2, -0.15) is 0 Å². The average Bonchev–Trinajstić information content (AvgIpc) is 2.67. The van der Waals surface area contributed by atoms with Gasteiger partial charge in [-0.15, -0.1) is 0 Å². The van der Waals surface area contributed by atoms with E-state index in [2.05, 4.69) is 0 Å². The van der Waals surface area contributed by atoms with Crippen molar-refractivity contribution in [3.05, 3.63) is 53.6 Å². The molecule has 0 unspecified atom stereocenters. The molecule has 0 amide bonds. The fourth-order valence-electron chi connectivity index (χ4n) is 2.87. The first-order chi connectivity index (χ1) is 13.8. The molecule has 2 aromatic rings. The van der Waals surface area contributed by atoms with Crippen molar-refractivity contribution in [3.63, 3.8) is 0 Å². The zero-order chi connectivity index (χ0) is 21.0. The van der Waals surface area contributed by atoms with Crippen LogP contribution < -0.4 is 4.74 Å². The maximum atomic E-state index is 11.0. The highest BCUT2D eigenvalue weighted by molar-refractivity contribution is 5.71. The molecule has 0 radical (unpaired) electrons. The topological polar surface area (TPSA) is 126 Å². The summed E-state index contributed by atoms with van der Waals surface area (Å²) in [6.45, 7) is 1.05. The van der Waals surface area contributed by atoms with Crippen molar-refractivity contribution in [1.29, 1.82) is 0 Å². The number of aliphatic hydroxyl groups is 2.